The number of nitrogens with zero attached hydrogens (tertiary/aromatic N) is 6. The average molecular weight is 330 g/mol. The summed E-state index contributed by atoms with van der Waals surface area (Å²) < 4.78 is 6.92. The summed E-state index contributed by atoms with van der Waals surface area (Å²) in [5, 5.41) is 8.07. The first kappa shape index (κ1) is 15.3. The fourth-order valence-corrected chi connectivity index (χ4v) is 4.13. The zero-order valence-electron chi connectivity index (χ0n) is 14.0. The molecule has 0 aliphatic carbocycles. The van der Waals surface area contributed by atoms with Gasteiger partial charge in [0.2, 0.25) is 0 Å². The maximum Gasteiger partial charge on any atom is 0.276 e. The fraction of sp³-hybridized carbons (Fsp3) is 0.625. The molecule has 8 nitrogen and oxygen atoms in total. The van der Waals surface area contributed by atoms with Crippen molar-refractivity contribution in [2.24, 2.45) is 5.92 Å². The molecular formula is C16H22N6O2. The van der Waals surface area contributed by atoms with Crippen molar-refractivity contribution in [3.63, 3.8) is 0 Å². The minimum Gasteiger partial charge on any atom is -0.361 e. The molecule has 128 valence electrons. The quantitative estimate of drug-likeness (QED) is 0.828. The van der Waals surface area contributed by atoms with Gasteiger partial charge in [-0.2, -0.15) is 5.10 Å². The van der Waals surface area contributed by atoms with E-state index < -0.39 is 0 Å². The third-order valence-corrected chi connectivity index (χ3v) is 5.37. The second-order valence-electron chi connectivity index (χ2n) is 6.86. The number of aromatic nitrogens is 4. The van der Waals surface area contributed by atoms with E-state index in [1.807, 2.05) is 9.58 Å². The summed E-state index contributed by atoms with van der Waals surface area (Å²) in [6.45, 7) is 4.20. The molecule has 0 N–H and O–H groups in total. The first-order chi connectivity index (χ1) is 11.6. The minimum absolute atomic E-state index is 0.0207. The van der Waals surface area contributed by atoms with Crippen LogP contribution < -0.4 is 0 Å². The Morgan fingerprint density at radius 1 is 1.46 bits per heavy atom. The number of carbonyl (C=O) groups is 1. The van der Waals surface area contributed by atoms with Gasteiger partial charge >= 0.3 is 0 Å². The molecule has 0 saturated carbocycles. The summed E-state index contributed by atoms with van der Waals surface area (Å²) in [5.74, 6) is 1.14. The smallest absolute Gasteiger partial charge is 0.276 e. The van der Waals surface area contributed by atoms with Gasteiger partial charge in [0.1, 0.15) is 18.4 Å². The molecule has 2 fully saturated rings. The highest BCUT2D eigenvalue weighted by molar-refractivity contribution is 5.92. The van der Waals surface area contributed by atoms with Gasteiger partial charge in [-0.1, -0.05) is 5.16 Å². The third kappa shape index (κ3) is 2.71. The molecule has 3 atom stereocenters. The molecule has 1 amide bonds. The number of fused-ring (bicyclic) bond motifs is 1. The lowest BCUT2D eigenvalue weighted by molar-refractivity contribution is 0.0597. The predicted octanol–water partition coefficient (Wildman–Crippen LogP) is 0.810. The van der Waals surface area contributed by atoms with Crippen LogP contribution in [0.3, 0.4) is 0 Å². The van der Waals surface area contributed by atoms with E-state index in [9.17, 15) is 4.79 Å². The van der Waals surface area contributed by atoms with E-state index in [-0.39, 0.29) is 5.91 Å². The summed E-state index contributed by atoms with van der Waals surface area (Å²) in [6, 6.07) is 2.68. The van der Waals surface area contributed by atoms with Crippen molar-refractivity contribution in [3.05, 3.63) is 30.2 Å². The molecule has 0 bridgehead atoms. The Bertz CT molecular complexity index is 712. The van der Waals surface area contributed by atoms with Gasteiger partial charge in [-0.25, -0.2) is 4.98 Å². The number of hydrogen-bond donors (Lipinski definition) is 0. The van der Waals surface area contributed by atoms with Crippen LogP contribution in [0.25, 0.3) is 0 Å². The molecule has 2 aliphatic heterocycles. The van der Waals surface area contributed by atoms with Crippen molar-refractivity contribution in [3.8, 4) is 0 Å². The van der Waals surface area contributed by atoms with E-state index in [1.54, 1.807) is 25.6 Å². The van der Waals surface area contributed by atoms with E-state index >= 15 is 0 Å². The molecule has 0 unspecified atom stereocenters. The number of hydrogen-bond acceptors (Lipinski definition) is 6. The summed E-state index contributed by atoms with van der Waals surface area (Å²) in [6.07, 6.45) is 5.40. The lowest BCUT2D eigenvalue weighted by Gasteiger charge is -2.37. The van der Waals surface area contributed by atoms with Crippen molar-refractivity contribution >= 4 is 5.91 Å². The molecule has 2 aromatic rings. The van der Waals surface area contributed by atoms with Crippen molar-refractivity contribution in [2.75, 3.05) is 20.1 Å². The van der Waals surface area contributed by atoms with Crippen LogP contribution in [-0.4, -0.2) is 67.8 Å². The molecule has 0 spiro atoms. The van der Waals surface area contributed by atoms with Crippen LogP contribution in [0.5, 0.6) is 0 Å². The largest absolute Gasteiger partial charge is 0.361 e. The van der Waals surface area contributed by atoms with Gasteiger partial charge < -0.3 is 9.42 Å². The Kier molecular flexibility index (Phi) is 3.84. The molecule has 2 aliphatic rings. The van der Waals surface area contributed by atoms with E-state index in [4.69, 9.17) is 4.52 Å². The zero-order valence-corrected chi connectivity index (χ0v) is 14.0. The number of piperidine rings is 1. The molecule has 4 heterocycles. The van der Waals surface area contributed by atoms with Crippen LogP contribution in [0.15, 0.2) is 23.2 Å². The van der Waals surface area contributed by atoms with Gasteiger partial charge in [0.25, 0.3) is 5.91 Å². The molecule has 2 saturated heterocycles. The van der Waals surface area contributed by atoms with Crippen molar-refractivity contribution in [1.82, 2.24) is 29.7 Å². The van der Waals surface area contributed by atoms with E-state index in [2.05, 4.69) is 27.2 Å². The van der Waals surface area contributed by atoms with E-state index in [0.29, 0.717) is 29.5 Å². The number of rotatable bonds is 3. The fourth-order valence-electron chi connectivity index (χ4n) is 4.13. The second kappa shape index (κ2) is 6.01. The van der Waals surface area contributed by atoms with Gasteiger partial charge in [-0.05, 0) is 32.7 Å². The monoisotopic (exact) mass is 330 g/mol. The van der Waals surface area contributed by atoms with Crippen LogP contribution in [0.1, 0.15) is 29.1 Å². The lowest BCUT2D eigenvalue weighted by atomic mass is 9.92. The number of aryl methyl sites for hydroxylation is 1. The predicted molar refractivity (Wildman–Crippen MR) is 85.2 cm³/mol. The standard InChI is InChI=1S/C16H22N6O2/c1-11-5-14(19-24-11)16(23)21-4-3-15-12(7-21)6-13(20(15)2)8-22-10-17-9-18-22/h5,9-10,12-13,15H,3-4,6-8H2,1-2H3/t12-,13+,15+/m0/s1. The maximum absolute atomic E-state index is 12.6. The molecule has 0 radical (unpaired) electrons. The maximum atomic E-state index is 12.6. The van der Waals surface area contributed by atoms with Gasteiger partial charge in [0, 0.05) is 31.2 Å². The molecule has 0 aromatic carbocycles. The van der Waals surface area contributed by atoms with Crippen molar-refractivity contribution in [2.45, 2.75) is 38.4 Å². The van der Waals surface area contributed by atoms with Crippen LogP contribution in [0, 0.1) is 12.8 Å². The van der Waals surface area contributed by atoms with Crippen molar-refractivity contribution < 1.29 is 9.32 Å². The Balaban J connectivity index is 1.42. The summed E-state index contributed by atoms with van der Waals surface area (Å²) >= 11 is 0. The Morgan fingerprint density at radius 2 is 2.33 bits per heavy atom. The number of carbonyl (C=O) groups excluding carboxylic acids is 1. The minimum atomic E-state index is -0.0207. The molecular weight excluding hydrogens is 308 g/mol. The molecule has 24 heavy (non-hydrogen) atoms. The number of likely N-dealkylation sites (N-methyl/N-ethyl adjacent to an activating group) is 1. The lowest BCUT2D eigenvalue weighted by Crippen LogP contribution is -2.47. The highest BCUT2D eigenvalue weighted by Gasteiger charge is 2.43. The summed E-state index contributed by atoms with van der Waals surface area (Å²) in [7, 11) is 2.19. The highest BCUT2D eigenvalue weighted by Crippen LogP contribution is 2.35. The molecule has 2 aromatic heterocycles. The molecule has 8 heteroatoms. The highest BCUT2D eigenvalue weighted by atomic mass is 16.5. The van der Waals surface area contributed by atoms with E-state index in [0.717, 1.165) is 32.5 Å². The van der Waals surface area contributed by atoms with Crippen LogP contribution in [0.2, 0.25) is 0 Å². The third-order valence-electron chi connectivity index (χ3n) is 5.37. The average Bonchev–Trinajstić information content (AvgIpc) is 3.29. The first-order valence-corrected chi connectivity index (χ1v) is 8.39. The van der Waals surface area contributed by atoms with Gasteiger partial charge in [0.15, 0.2) is 5.69 Å². The van der Waals surface area contributed by atoms with Crippen molar-refractivity contribution in [1.29, 1.82) is 0 Å². The second-order valence-corrected chi connectivity index (χ2v) is 6.86. The topological polar surface area (TPSA) is 80.3 Å². The Labute approximate surface area is 140 Å². The number of amides is 1. The SMILES string of the molecule is Cc1cc(C(=O)N2CC[C@@H]3[C@@H](C[C@H](Cn4cncn4)N3C)C2)no1. The first-order valence-electron chi connectivity index (χ1n) is 8.39. The Morgan fingerprint density at radius 3 is 3.04 bits per heavy atom. The van der Waals surface area contributed by atoms with Crippen LogP contribution in [-0.2, 0) is 6.54 Å². The summed E-state index contributed by atoms with van der Waals surface area (Å²) in [5.41, 5.74) is 0.413. The normalized spacial score (nSPS) is 27.4. The zero-order chi connectivity index (χ0) is 16.7. The van der Waals surface area contributed by atoms with Crippen LogP contribution >= 0.6 is 0 Å². The summed E-state index contributed by atoms with van der Waals surface area (Å²) in [4.78, 5) is 21.0. The van der Waals surface area contributed by atoms with Gasteiger partial charge in [-0.15, -0.1) is 0 Å². The molecule has 4 rings (SSSR count). The van der Waals surface area contributed by atoms with Gasteiger partial charge in [-0.3, -0.25) is 14.4 Å². The van der Waals surface area contributed by atoms with E-state index in [1.165, 1.54) is 0 Å². The number of likely N-dealkylation sites (tertiary alicyclic amines) is 2. The Hall–Kier alpha value is -2.22. The van der Waals surface area contributed by atoms with Gasteiger partial charge in [0.05, 0.1) is 6.54 Å². The van der Waals surface area contributed by atoms with Crippen LogP contribution in [0.4, 0.5) is 0 Å².